The number of rotatable bonds is 3. The van der Waals surface area contributed by atoms with Crippen LogP contribution in [0.4, 0.5) is 0 Å². The number of nitrogens with two attached hydrogens (primary N) is 1. The molecule has 1 amide bonds. The molecule has 14 heavy (non-hydrogen) atoms. The van der Waals surface area contributed by atoms with Gasteiger partial charge in [0.05, 0.1) is 12.1 Å². The summed E-state index contributed by atoms with van der Waals surface area (Å²) in [5.41, 5.74) is 5.42. The topological polar surface area (TPSA) is 75.4 Å². The predicted octanol–water partition coefficient (Wildman–Crippen LogP) is 0.000900. The van der Waals surface area contributed by atoms with Crippen molar-refractivity contribution in [2.24, 2.45) is 11.7 Å². The van der Waals surface area contributed by atoms with E-state index in [-0.39, 0.29) is 12.0 Å². The summed E-state index contributed by atoms with van der Waals surface area (Å²) in [4.78, 5) is 11.2. The molecule has 0 aromatic carbocycles. The molecule has 1 rings (SSSR count). The Bertz CT molecular complexity index is 195. The molecule has 1 aliphatic rings. The highest BCUT2D eigenvalue weighted by atomic mass is 16.3. The van der Waals surface area contributed by atoms with Gasteiger partial charge < -0.3 is 16.2 Å². The molecule has 1 saturated carbocycles. The molecule has 0 aromatic rings. The number of aliphatic hydroxyl groups excluding tert-OH is 1. The van der Waals surface area contributed by atoms with E-state index in [0.717, 1.165) is 25.7 Å². The molecule has 4 heteroatoms. The van der Waals surface area contributed by atoms with Crippen molar-refractivity contribution in [3.63, 3.8) is 0 Å². The first-order valence-corrected chi connectivity index (χ1v) is 5.31. The molecule has 82 valence electrons. The zero-order valence-corrected chi connectivity index (χ0v) is 8.70. The van der Waals surface area contributed by atoms with Crippen molar-refractivity contribution in [1.82, 2.24) is 5.32 Å². The average Bonchev–Trinajstić information content (AvgIpc) is 2.14. The molecule has 0 aliphatic heterocycles. The fourth-order valence-electron chi connectivity index (χ4n) is 1.85. The summed E-state index contributed by atoms with van der Waals surface area (Å²) in [5.74, 6) is 0.312. The first-order chi connectivity index (χ1) is 6.59. The van der Waals surface area contributed by atoms with Crippen LogP contribution < -0.4 is 11.1 Å². The summed E-state index contributed by atoms with van der Waals surface area (Å²) in [6.45, 7) is 2.32. The molecule has 0 radical (unpaired) electrons. The van der Waals surface area contributed by atoms with E-state index in [0.29, 0.717) is 12.5 Å². The maximum Gasteiger partial charge on any atom is 0.236 e. The first kappa shape index (κ1) is 11.5. The molecular formula is C10H20N2O2. The second kappa shape index (κ2) is 5.32. The Morgan fingerprint density at radius 3 is 2.93 bits per heavy atom. The normalized spacial score (nSPS) is 29.6. The summed E-state index contributed by atoms with van der Waals surface area (Å²) in [7, 11) is 0. The lowest BCUT2D eigenvalue weighted by atomic mass is 9.87. The number of amides is 1. The van der Waals surface area contributed by atoms with E-state index in [1.165, 1.54) is 0 Å². The number of carbonyl (C=O) groups excluding carboxylic acids is 1. The van der Waals surface area contributed by atoms with Crippen LogP contribution in [-0.4, -0.2) is 29.7 Å². The van der Waals surface area contributed by atoms with Crippen molar-refractivity contribution >= 4 is 5.91 Å². The summed E-state index contributed by atoms with van der Waals surface area (Å²) >= 11 is 0. The summed E-state index contributed by atoms with van der Waals surface area (Å²) in [5, 5.41) is 12.2. The monoisotopic (exact) mass is 200 g/mol. The summed E-state index contributed by atoms with van der Waals surface area (Å²) in [6, 6.07) is -0.441. The van der Waals surface area contributed by atoms with Crippen LogP contribution in [0.2, 0.25) is 0 Å². The minimum absolute atomic E-state index is 0.106. The van der Waals surface area contributed by atoms with Gasteiger partial charge in [-0.25, -0.2) is 0 Å². The highest BCUT2D eigenvalue weighted by Gasteiger charge is 2.20. The van der Waals surface area contributed by atoms with Gasteiger partial charge in [0.2, 0.25) is 5.91 Å². The van der Waals surface area contributed by atoms with Crippen LogP contribution in [0.1, 0.15) is 32.6 Å². The summed E-state index contributed by atoms with van der Waals surface area (Å²) < 4.78 is 0. The highest BCUT2D eigenvalue weighted by Crippen LogP contribution is 2.23. The fourth-order valence-corrected chi connectivity index (χ4v) is 1.85. The van der Waals surface area contributed by atoms with Gasteiger partial charge in [-0.3, -0.25) is 4.79 Å². The zero-order chi connectivity index (χ0) is 10.6. The van der Waals surface area contributed by atoms with Crippen LogP contribution in [0.15, 0.2) is 0 Å². The third kappa shape index (κ3) is 3.64. The molecule has 1 fully saturated rings. The second-order valence-corrected chi connectivity index (χ2v) is 4.22. The Morgan fingerprint density at radius 1 is 1.64 bits per heavy atom. The molecule has 0 heterocycles. The van der Waals surface area contributed by atoms with Crippen molar-refractivity contribution in [3.05, 3.63) is 0 Å². The first-order valence-electron chi connectivity index (χ1n) is 5.31. The Labute approximate surface area is 84.9 Å². The number of nitrogens with one attached hydrogen (secondary N) is 1. The smallest absolute Gasteiger partial charge is 0.236 e. The largest absolute Gasteiger partial charge is 0.393 e. The van der Waals surface area contributed by atoms with Crippen LogP contribution in [0.3, 0.4) is 0 Å². The van der Waals surface area contributed by atoms with Gasteiger partial charge >= 0.3 is 0 Å². The fraction of sp³-hybridized carbons (Fsp3) is 0.900. The van der Waals surface area contributed by atoms with E-state index >= 15 is 0 Å². The molecule has 3 unspecified atom stereocenters. The molecular weight excluding hydrogens is 180 g/mol. The van der Waals surface area contributed by atoms with Gasteiger partial charge in [-0.15, -0.1) is 0 Å². The minimum Gasteiger partial charge on any atom is -0.393 e. The van der Waals surface area contributed by atoms with Crippen molar-refractivity contribution < 1.29 is 9.90 Å². The number of hydrogen-bond acceptors (Lipinski definition) is 3. The van der Waals surface area contributed by atoms with Gasteiger partial charge in [0.15, 0.2) is 0 Å². The number of aliphatic hydroxyl groups is 1. The van der Waals surface area contributed by atoms with Crippen LogP contribution in [0, 0.1) is 5.92 Å². The average molecular weight is 200 g/mol. The molecule has 3 atom stereocenters. The van der Waals surface area contributed by atoms with Crippen LogP contribution in [-0.2, 0) is 4.79 Å². The molecule has 0 saturated heterocycles. The molecule has 1 aliphatic carbocycles. The van der Waals surface area contributed by atoms with E-state index in [9.17, 15) is 9.90 Å². The van der Waals surface area contributed by atoms with Crippen LogP contribution in [0.25, 0.3) is 0 Å². The molecule has 4 nitrogen and oxygen atoms in total. The quantitative estimate of drug-likeness (QED) is 0.600. The Balaban J connectivity index is 2.20. The van der Waals surface area contributed by atoms with Gasteiger partial charge in [0.25, 0.3) is 0 Å². The third-order valence-electron chi connectivity index (χ3n) is 2.73. The van der Waals surface area contributed by atoms with Crippen LogP contribution in [0.5, 0.6) is 0 Å². The van der Waals surface area contributed by atoms with E-state index in [1.54, 1.807) is 6.92 Å². The van der Waals surface area contributed by atoms with E-state index in [2.05, 4.69) is 5.32 Å². The maximum atomic E-state index is 11.2. The molecule has 0 spiro atoms. The highest BCUT2D eigenvalue weighted by molar-refractivity contribution is 5.80. The SMILES string of the molecule is CC(N)C(=O)NCC1CCCC(O)C1. The molecule has 0 aromatic heterocycles. The van der Waals surface area contributed by atoms with Gasteiger partial charge in [-0.05, 0) is 32.1 Å². The standard InChI is InChI=1S/C10H20N2O2/c1-7(11)10(14)12-6-8-3-2-4-9(13)5-8/h7-9,13H,2-6,11H2,1H3,(H,12,14). The zero-order valence-electron chi connectivity index (χ0n) is 8.70. The third-order valence-corrected chi connectivity index (χ3v) is 2.73. The lowest BCUT2D eigenvalue weighted by Crippen LogP contribution is -2.41. The minimum atomic E-state index is -0.441. The Hall–Kier alpha value is -0.610. The van der Waals surface area contributed by atoms with E-state index < -0.39 is 6.04 Å². The molecule has 0 bridgehead atoms. The predicted molar refractivity (Wildman–Crippen MR) is 54.6 cm³/mol. The van der Waals surface area contributed by atoms with Gasteiger partial charge in [-0.2, -0.15) is 0 Å². The van der Waals surface area contributed by atoms with Gasteiger partial charge in [0.1, 0.15) is 0 Å². The lowest BCUT2D eigenvalue weighted by Gasteiger charge is -2.26. The Kier molecular flexibility index (Phi) is 4.35. The van der Waals surface area contributed by atoms with E-state index in [4.69, 9.17) is 5.73 Å². The number of carbonyl (C=O) groups is 1. The second-order valence-electron chi connectivity index (χ2n) is 4.22. The lowest BCUT2D eigenvalue weighted by molar-refractivity contribution is -0.122. The van der Waals surface area contributed by atoms with Gasteiger partial charge in [-0.1, -0.05) is 6.42 Å². The van der Waals surface area contributed by atoms with E-state index in [1.807, 2.05) is 0 Å². The van der Waals surface area contributed by atoms with Crippen molar-refractivity contribution in [2.45, 2.75) is 44.8 Å². The van der Waals surface area contributed by atoms with Crippen molar-refractivity contribution in [1.29, 1.82) is 0 Å². The van der Waals surface area contributed by atoms with Crippen molar-refractivity contribution in [3.8, 4) is 0 Å². The molecule has 4 N–H and O–H groups in total. The van der Waals surface area contributed by atoms with Crippen molar-refractivity contribution in [2.75, 3.05) is 6.54 Å². The Morgan fingerprint density at radius 2 is 2.36 bits per heavy atom. The number of hydrogen-bond donors (Lipinski definition) is 3. The van der Waals surface area contributed by atoms with Crippen LogP contribution >= 0.6 is 0 Å². The maximum absolute atomic E-state index is 11.2. The van der Waals surface area contributed by atoms with Gasteiger partial charge in [0, 0.05) is 6.54 Å². The summed E-state index contributed by atoms with van der Waals surface area (Å²) in [6.07, 6.45) is 3.67.